The average molecular weight is 283 g/mol. The second-order valence-electron chi connectivity index (χ2n) is 5.06. The summed E-state index contributed by atoms with van der Waals surface area (Å²) in [4.78, 5) is 23.4. The predicted octanol–water partition coefficient (Wildman–Crippen LogP) is 0.317. The Morgan fingerprint density at radius 1 is 1.26 bits per heavy atom. The van der Waals surface area contributed by atoms with Gasteiger partial charge in [-0.1, -0.05) is 0 Å². The first-order chi connectivity index (χ1) is 9.09. The first-order valence-electron chi connectivity index (χ1n) is 6.64. The number of hydrogen-bond acceptors (Lipinski definition) is 4. The summed E-state index contributed by atoms with van der Waals surface area (Å²) in [5.41, 5.74) is 0.241. The maximum atomic E-state index is 11.8. The summed E-state index contributed by atoms with van der Waals surface area (Å²) in [6, 6.07) is 1.53. The zero-order valence-electron chi connectivity index (χ0n) is 11.5. The van der Waals surface area contributed by atoms with E-state index in [0.29, 0.717) is 6.54 Å². The minimum atomic E-state index is -0.265. The van der Waals surface area contributed by atoms with Gasteiger partial charge in [-0.2, -0.15) is 11.8 Å². The van der Waals surface area contributed by atoms with Crippen molar-refractivity contribution in [3.05, 3.63) is 32.6 Å². The van der Waals surface area contributed by atoms with Gasteiger partial charge in [-0.3, -0.25) is 13.9 Å². The van der Waals surface area contributed by atoms with E-state index >= 15 is 0 Å². The Morgan fingerprint density at radius 3 is 2.63 bits per heavy atom. The first kappa shape index (κ1) is 14.4. The highest BCUT2D eigenvalue weighted by molar-refractivity contribution is 7.99. The number of thioether (sulfide) groups is 1. The Morgan fingerprint density at radius 2 is 1.95 bits per heavy atom. The monoisotopic (exact) mass is 283 g/mol. The number of nitrogens with zero attached hydrogens (tertiary/aromatic N) is 2. The molecule has 0 amide bonds. The molecule has 6 heteroatoms. The van der Waals surface area contributed by atoms with Crippen LogP contribution in [0, 0.1) is 5.92 Å². The molecule has 2 rings (SSSR count). The number of hydrogen-bond donors (Lipinski definition) is 1. The summed E-state index contributed by atoms with van der Waals surface area (Å²) in [5.74, 6) is 3.22. The van der Waals surface area contributed by atoms with Crippen molar-refractivity contribution >= 4 is 11.8 Å². The third-order valence-corrected chi connectivity index (χ3v) is 4.75. The van der Waals surface area contributed by atoms with Gasteiger partial charge in [-0.15, -0.1) is 0 Å². The fourth-order valence-electron chi connectivity index (χ4n) is 2.30. The summed E-state index contributed by atoms with van der Waals surface area (Å²) in [7, 11) is 3.21. The van der Waals surface area contributed by atoms with E-state index in [1.54, 1.807) is 7.05 Å². The summed E-state index contributed by atoms with van der Waals surface area (Å²) < 4.78 is 2.66. The van der Waals surface area contributed by atoms with Gasteiger partial charge in [0.15, 0.2) is 0 Å². The quantitative estimate of drug-likeness (QED) is 0.864. The van der Waals surface area contributed by atoms with Crippen LogP contribution in [0.1, 0.15) is 18.5 Å². The van der Waals surface area contributed by atoms with Crippen LogP contribution >= 0.6 is 11.8 Å². The molecule has 0 unspecified atom stereocenters. The fourth-order valence-corrected chi connectivity index (χ4v) is 3.51. The molecule has 1 saturated heterocycles. The zero-order chi connectivity index (χ0) is 13.8. The highest BCUT2D eigenvalue weighted by Gasteiger charge is 2.13. The third-order valence-electron chi connectivity index (χ3n) is 3.71. The molecule has 1 aromatic heterocycles. The maximum absolute atomic E-state index is 11.8. The van der Waals surface area contributed by atoms with E-state index in [9.17, 15) is 9.59 Å². The van der Waals surface area contributed by atoms with Crippen LogP contribution < -0.4 is 16.6 Å². The molecule has 0 radical (unpaired) electrons. The highest BCUT2D eigenvalue weighted by Crippen LogP contribution is 2.21. The molecule has 1 N–H and O–H groups in total. The van der Waals surface area contributed by atoms with Gasteiger partial charge in [0, 0.05) is 32.4 Å². The van der Waals surface area contributed by atoms with Crippen molar-refractivity contribution in [3.63, 3.8) is 0 Å². The standard InChI is InChI=1S/C13H21N3O2S/c1-15-11(7-12(17)16(2)13(15)18)9-14-8-10-3-5-19-6-4-10/h7,10,14H,3-6,8-9H2,1-2H3. The van der Waals surface area contributed by atoms with Gasteiger partial charge < -0.3 is 5.32 Å². The van der Waals surface area contributed by atoms with Crippen LogP contribution in [0.4, 0.5) is 0 Å². The van der Waals surface area contributed by atoms with Crippen LogP contribution in [0.15, 0.2) is 15.7 Å². The van der Waals surface area contributed by atoms with Crippen LogP contribution in [0.25, 0.3) is 0 Å². The minimum absolute atomic E-state index is 0.242. The van der Waals surface area contributed by atoms with E-state index in [1.165, 1.54) is 42.0 Å². The van der Waals surface area contributed by atoms with Gasteiger partial charge >= 0.3 is 5.69 Å². The number of aromatic nitrogens is 2. The van der Waals surface area contributed by atoms with Crippen LogP contribution in [-0.2, 0) is 20.6 Å². The van der Waals surface area contributed by atoms with Crippen molar-refractivity contribution in [2.45, 2.75) is 19.4 Å². The molecule has 1 fully saturated rings. The fraction of sp³-hybridized carbons (Fsp3) is 0.692. The van der Waals surface area contributed by atoms with Gasteiger partial charge in [-0.05, 0) is 36.8 Å². The molecule has 0 aromatic carbocycles. The van der Waals surface area contributed by atoms with E-state index in [-0.39, 0.29) is 11.2 Å². The van der Waals surface area contributed by atoms with E-state index in [0.717, 1.165) is 22.7 Å². The zero-order valence-corrected chi connectivity index (χ0v) is 12.3. The van der Waals surface area contributed by atoms with Crippen LogP contribution in [0.3, 0.4) is 0 Å². The molecule has 1 aliphatic rings. The van der Waals surface area contributed by atoms with Crippen molar-refractivity contribution in [1.29, 1.82) is 0 Å². The topological polar surface area (TPSA) is 56.0 Å². The minimum Gasteiger partial charge on any atom is -0.311 e. The SMILES string of the molecule is Cn1c(CNCC2CCSCC2)cc(=O)n(C)c1=O. The molecular weight excluding hydrogens is 262 g/mol. The lowest BCUT2D eigenvalue weighted by Gasteiger charge is -2.21. The summed E-state index contributed by atoms with van der Waals surface area (Å²) in [5, 5.41) is 3.37. The normalized spacial score (nSPS) is 16.7. The molecule has 1 aliphatic heterocycles. The summed E-state index contributed by atoms with van der Waals surface area (Å²) in [6.45, 7) is 1.54. The predicted molar refractivity (Wildman–Crippen MR) is 78.7 cm³/mol. The van der Waals surface area contributed by atoms with Crippen molar-refractivity contribution in [2.75, 3.05) is 18.1 Å². The lowest BCUT2D eigenvalue weighted by molar-refractivity contribution is 0.442. The lowest BCUT2D eigenvalue weighted by atomic mass is 10.0. The highest BCUT2D eigenvalue weighted by atomic mass is 32.2. The second kappa shape index (κ2) is 6.43. The molecule has 2 heterocycles. The molecule has 1 aromatic rings. The Labute approximate surface area is 117 Å². The molecule has 0 bridgehead atoms. The van der Waals surface area contributed by atoms with E-state index in [4.69, 9.17) is 0 Å². The molecule has 19 heavy (non-hydrogen) atoms. The van der Waals surface area contributed by atoms with E-state index in [1.807, 2.05) is 11.8 Å². The first-order valence-corrected chi connectivity index (χ1v) is 7.79. The van der Waals surface area contributed by atoms with Gasteiger partial charge in [0.2, 0.25) is 0 Å². The van der Waals surface area contributed by atoms with Crippen molar-refractivity contribution in [1.82, 2.24) is 14.5 Å². The third kappa shape index (κ3) is 3.51. The molecule has 0 spiro atoms. The number of rotatable bonds is 4. The Hall–Kier alpha value is -1.01. The lowest BCUT2D eigenvalue weighted by Crippen LogP contribution is -2.39. The summed E-state index contributed by atoms with van der Waals surface area (Å²) >= 11 is 2.02. The van der Waals surface area contributed by atoms with Gasteiger partial charge in [-0.25, -0.2) is 4.79 Å². The van der Waals surface area contributed by atoms with Crippen LogP contribution in [-0.4, -0.2) is 27.2 Å². The van der Waals surface area contributed by atoms with E-state index in [2.05, 4.69) is 5.32 Å². The molecule has 0 atom stereocenters. The van der Waals surface area contributed by atoms with E-state index < -0.39 is 0 Å². The van der Waals surface area contributed by atoms with Crippen LogP contribution in [0.5, 0.6) is 0 Å². The van der Waals surface area contributed by atoms with Crippen molar-refractivity contribution < 1.29 is 0 Å². The summed E-state index contributed by atoms with van der Waals surface area (Å²) in [6.07, 6.45) is 2.51. The van der Waals surface area contributed by atoms with Crippen molar-refractivity contribution in [2.24, 2.45) is 20.0 Å². The molecule has 0 aliphatic carbocycles. The maximum Gasteiger partial charge on any atom is 0.330 e. The molecular formula is C13H21N3O2S. The Bertz CT molecular complexity index is 544. The van der Waals surface area contributed by atoms with Gasteiger partial charge in [0.1, 0.15) is 0 Å². The Balaban J connectivity index is 1.96. The molecule has 0 saturated carbocycles. The van der Waals surface area contributed by atoms with Crippen molar-refractivity contribution in [3.8, 4) is 0 Å². The average Bonchev–Trinajstić information content (AvgIpc) is 2.43. The second-order valence-corrected chi connectivity index (χ2v) is 6.29. The largest absolute Gasteiger partial charge is 0.330 e. The van der Waals surface area contributed by atoms with Gasteiger partial charge in [0.05, 0.1) is 0 Å². The molecule has 106 valence electrons. The van der Waals surface area contributed by atoms with Gasteiger partial charge in [0.25, 0.3) is 5.56 Å². The van der Waals surface area contributed by atoms with Crippen LogP contribution in [0.2, 0.25) is 0 Å². The number of nitrogens with one attached hydrogen (secondary N) is 1. The Kier molecular flexibility index (Phi) is 4.87. The molecule has 5 nitrogen and oxygen atoms in total. The smallest absolute Gasteiger partial charge is 0.311 e.